The minimum Gasteiger partial charge on any atom is -0.493 e. The van der Waals surface area contributed by atoms with Crippen molar-refractivity contribution < 1.29 is 23.8 Å². The van der Waals surface area contributed by atoms with E-state index in [-0.39, 0.29) is 5.78 Å². The van der Waals surface area contributed by atoms with Gasteiger partial charge in [0.1, 0.15) is 0 Å². The third kappa shape index (κ3) is 2.92. The number of methoxy groups -OCH3 is 3. The van der Waals surface area contributed by atoms with E-state index in [2.05, 4.69) is 21.2 Å². The second-order valence-electron chi connectivity index (χ2n) is 6.99. The van der Waals surface area contributed by atoms with Gasteiger partial charge >= 0.3 is 5.97 Å². The molecule has 154 valence electrons. The lowest BCUT2D eigenvalue weighted by Gasteiger charge is -2.29. The first-order valence-electron chi connectivity index (χ1n) is 9.28. The van der Waals surface area contributed by atoms with E-state index in [9.17, 15) is 9.59 Å². The number of ketones is 1. The molecule has 0 saturated heterocycles. The Bertz CT molecular complexity index is 1150. The van der Waals surface area contributed by atoms with E-state index in [1.807, 2.05) is 31.2 Å². The number of halogens is 1. The monoisotopic (exact) mass is 469 g/mol. The number of ether oxygens (including phenoxy) is 3. The van der Waals surface area contributed by atoms with Crippen LogP contribution in [0.3, 0.4) is 0 Å². The van der Waals surface area contributed by atoms with Crippen molar-refractivity contribution in [1.82, 2.24) is 5.32 Å². The van der Waals surface area contributed by atoms with Gasteiger partial charge in [-0.1, -0.05) is 24.3 Å². The lowest BCUT2D eigenvalue weighted by molar-refractivity contribution is -0.136. The minimum absolute atomic E-state index is 0.113. The van der Waals surface area contributed by atoms with Crippen molar-refractivity contribution in [2.45, 2.75) is 12.8 Å². The highest BCUT2D eigenvalue weighted by atomic mass is 79.9. The number of dihydropyridines is 1. The molecule has 0 amide bonds. The molecule has 2 aromatic carbocycles. The zero-order valence-electron chi connectivity index (χ0n) is 17.0. The quantitative estimate of drug-likeness (QED) is 0.676. The highest BCUT2D eigenvalue weighted by molar-refractivity contribution is 9.10. The molecule has 1 aliphatic carbocycles. The van der Waals surface area contributed by atoms with Crippen LogP contribution >= 0.6 is 15.9 Å². The van der Waals surface area contributed by atoms with Crippen LogP contribution in [0.1, 0.15) is 34.3 Å². The summed E-state index contributed by atoms with van der Waals surface area (Å²) in [6.07, 6.45) is 0. The maximum Gasteiger partial charge on any atom is 0.336 e. The van der Waals surface area contributed by atoms with Crippen molar-refractivity contribution >= 4 is 33.4 Å². The summed E-state index contributed by atoms with van der Waals surface area (Å²) in [6, 6.07) is 11.1. The summed E-state index contributed by atoms with van der Waals surface area (Å²) in [5.41, 5.74) is 4.41. The Morgan fingerprint density at radius 3 is 2.40 bits per heavy atom. The molecule has 1 atom stereocenters. The molecule has 0 bridgehead atoms. The Labute approximate surface area is 182 Å². The first-order valence-corrected chi connectivity index (χ1v) is 10.1. The number of nitrogens with one attached hydrogen (secondary N) is 1. The average Bonchev–Trinajstić information content (AvgIpc) is 3.03. The van der Waals surface area contributed by atoms with Crippen molar-refractivity contribution in [2.75, 3.05) is 21.3 Å². The van der Waals surface area contributed by atoms with Crippen LogP contribution in [0, 0.1) is 0 Å². The van der Waals surface area contributed by atoms with Gasteiger partial charge in [0.15, 0.2) is 17.3 Å². The summed E-state index contributed by atoms with van der Waals surface area (Å²) in [6.45, 7) is 1.81. The molecule has 1 unspecified atom stereocenters. The summed E-state index contributed by atoms with van der Waals surface area (Å²) < 4.78 is 16.6. The predicted octanol–water partition coefficient (Wildman–Crippen LogP) is 4.21. The lowest BCUT2D eigenvalue weighted by atomic mass is 9.79. The summed E-state index contributed by atoms with van der Waals surface area (Å²) in [7, 11) is 4.42. The van der Waals surface area contributed by atoms with Crippen molar-refractivity contribution in [2.24, 2.45) is 0 Å². The number of Topliss-reactive ketones (excluding diaryl/α,β-unsaturated/α-hetero) is 1. The summed E-state index contributed by atoms with van der Waals surface area (Å²) in [5, 5.41) is 3.27. The van der Waals surface area contributed by atoms with Gasteiger partial charge in [-0.15, -0.1) is 0 Å². The summed E-state index contributed by atoms with van der Waals surface area (Å²) in [5.74, 6) is -0.202. The van der Waals surface area contributed by atoms with Crippen LogP contribution < -0.4 is 14.8 Å². The number of rotatable bonds is 4. The fraction of sp³-hybridized carbons (Fsp3) is 0.217. The van der Waals surface area contributed by atoms with Gasteiger partial charge < -0.3 is 19.5 Å². The van der Waals surface area contributed by atoms with E-state index in [0.717, 1.165) is 16.8 Å². The van der Waals surface area contributed by atoms with Crippen LogP contribution in [0.25, 0.3) is 5.70 Å². The SMILES string of the molecule is COC(=O)C1=C(C)NC2=C(C(=O)c3ccccc32)C1c1cc(Br)c(OC)c(OC)c1. The van der Waals surface area contributed by atoms with Crippen LogP contribution in [-0.2, 0) is 9.53 Å². The summed E-state index contributed by atoms with van der Waals surface area (Å²) in [4.78, 5) is 26.2. The minimum atomic E-state index is -0.621. The maximum atomic E-state index is 13.4. The molecule has 1 aliphatic heterocycles. The third-order valence-corrected chi connectivity index (χ3v) is 6.03. The molecule has 6 nitrogen and oxygen atoms in total. The van der Waals surface area contributed by atoms with Crippen molar-refractivity contribution in [1.29, 1.82) is 0 Å². The van der Waals surface area contributed by atoms with Crippen LogP contribution in [0.2, 0.25) is 0 Å². The normalized spacial score (nSPS) is 17.4. The third-order valence-electron chi connectivity index (χ3n) is 5.44. The van der Waals surface area contributed by atoms with Crippen LogP contribution in [0.15, 0.2) is 57.7 Å². The topological polar surface area (TPSA) is 73.9 Å². The largest absolute Gasteiger partial charge is 0.493 e. The number of hydrogen-bond acceptors (Lipinski definition) is 6. The van der Waals surface area contributed by atoms with E-state index >= 15 is 0 Å². The van der Waals surface area contributed by atoms with E-state index in [1.165, 1.54) is 7.11 Å². The number of esters is 1. The summed E-state index contributed by atoms with van der Waals surface area (Å²) >= 11 is 3.52. The number of hydrogen-bond donors (Lipinski definition) is 1. The Morgan fingerprint density at radius 2 is 1.77 bits per heavy atom. The smallest absolute Gasteiger partial charge is 0.336 e. The Balaban J connectivity index is 1.99. The van der Waals surface area contributed by atoms with Crippen LogP contribution in [0.4, 0.5) is 0 Å². The van der Waals surface area contributed by atoms with Gasteiger partial charge in [0.25, 0.3) is 0 Å². The van der Waals surface area contributed by atoms with Crippen molar-refractivity contribution in [3.05, 3.63) is 74.4 Å². The first-order chi connectivity index (χ1) is 14.4. The van der Waals surface area contributed by atoms with E-state index in [0.29, 0.717) is 38.4 Å². The van der Waals surface area contributed by atoms with E-state index in [1.54, 1.807) is 26.4 Å². The number of fused-ring (bicyclic) bond motifs is 2. The molecule has 0 fully saturated rings. The fourth-order valence-electron chi connectivity index (χ4n) is 4.15. The maximum absolute atomic E-state index is 13.4. The number of allylic oxidation sites excluding steroid dienone is 2. The molecule has 2 aromatic rings. The first kappa shape index (κ1) is 20.2. The molecule has 0 saturated carbocycles. The Hall–Kier alpha value is -3.06. The van der Waals surface area contributed by atoms with Crippen molar-refractivity contribution in [3.63, 3.8) is 0 Å². The number of carbonyl (C=O) groups is 2. The van der Waals surface area contributed by atoms with E-state index in [4.69, 9.17) is 14.2 Å². The molecule has 1 N–H and O–H groups in total. The molecule has 30 heavy (non-hydrogen) atoms. The van der Waals surface area contributed by atoms with Gasteiger partial charge in [0.2, 0.25) is 0 Å². The van der Waals surface area contributed by atoms with Gasteiger partial charge in [-0.3, -0.25) is 4.79 Å². The fourth-order valence-corrected chi connectivity index (χ4v) is 4.77. The van der Waals surface area contributed by atoms with Crippen LogP contribution in [0.5, 0.6) is 11.5 Å². The zero-order chi connectivity index (χ0) is 21.6. The lowest BCUT2D eigenvalue weighted by Crippen LogP contribution is -2.29. The highest BCUT2D eigenvalue weighted by Gasteiger charge is 2.43. The Kier molecular flexibility index (Phi) is 5.15. The van der Waals surface area contributed by atoms with Gasteiger partial charge in [0, 0.05) is 28.3 Å². The van der Waals surface area contributed by atoms with Crippen molar-refractivity contribution in [3.8, 4) is 11.5 Å². The highest BCUT2D eigenvalue weighted by Crippen LogP contribution is 2.49. The molecule has 1 heterocycles. The second kappa shape index (κ2) is 7.65. The molecule has 0 radical (unpaired) electrons. The molecule has 4 rings (SSSR count). The molecular weight excluding hydrogens is 450 g/mol. The predicted molar refractivity (Wildman–Crippen MR) is 116 cm³/mol. The number of benzene rings is 2. The van der Waals surface area contributed by atoms with Gasteiger partial charge in [0.05, 0.1) is 37.1 Å². The number of carbonyl (C=O) groups excluding carboxylic acids is 2. The molecule has 0 aromatic heterocycles. The molecule has 0 spiro atoms. The second-order valence-corrected chi connectivity index (χ2v) is 7.84. The molecule has 7 heteroatoms. The molecule has 2 aliphatic rings. The molecular formula is C23H20BrNO5. The van der Waals surface area contributed by atoms with Gasteiger partial charge in [-0.05, 0) is 40.5 Å². The Morgan fingerprint density at radius 1 is 1.07 bits per heavy atom. The van der Waals surface area contributed by atoms with Crippen LogP contribution in [-0.4, -0.2) is 33.1 Å². The standard InChI is InChI=1S/C23H20BrNO5/c1-11-17(23(27)30-4)18(12-9-15(24)22(29-3)16(10-12)28-2)19-20(25-11)13-7-5-6-8-14(13)21(19)26/h5-10,18,25H,1-4H3. The average molecular weight is 470 g/mol. The van der Waals surface area contributed by atoms with Gasteiger partial charge in [-0.2, -0.15) is 0 Å². The zero-order valence-corrected chi connectivity index (χ0v) is 18.5. The van der Waals surface area contributed by atoms with E-state index < -0.39 is 11.9 Å². The van der Waals surface area contributed by atoms with Gasteiger partial charge in [-0.25, -0.2) is 4.79 Å².